The Balaban J connectivity index is 1.82. The number of nitrogens with one attached hydrogen (secondary N) is 2. The fourth-order valence-corrected chi connectivity index (χ4v) is 1.89. The molecule has 0 heterocycles. The van der Waals surface area contributed by atoms with E-state index >= 15 is 0 Å². The molecule has 2 aromatic carbocycles. The molecule has 1 amide bonds. The van der Waals surface area contributed by atoms with Crippen LogP contribution in [0.1, 0.15) is 11.1 Å². The Kier molecular flexibility index (Phi) is 5.54. The largest absolute Gasteiger partial charge is 0.497 e. The number of para-hydroxylation sites is 1. The molecule has 5 nitrogen and oxygen atoms in total. The summed E-state index contributed by atoms with van der Waals surface area (Å²) in [4.78, 5) is 11.7. The lowest BCUT2D eigenvalue weighted by Crippen LogP contribution is -2.26. The number of carbonyl (C=O) groups is 1. The second-order valence-electron chi connectivity index (χ2n) is 4.74. The number of methoxy groups -OCH3 is 1. The number of ether oxygens (including phenoxy) is 1. The topological polar surface area (TPSA) is 62.7 Å². The zero-order chi connectivity index (χ0) is 15.8. The van der Waals surface area contributed by atoms with Crippen LogP contribution in [0.25, 0.3) is 0 Å². The maximum Gasteiger partial charge on any atom is 0.259 e. The summed E-state index contributed by atoms with van der Waals surface area (Å²) < 4.78 is 5.12. The van der Waals surface area contributed by atoms with E-state index in [2.05, 4.69) is 15.8 Å². The number of aryl methyl sites for hydroxylation is 1. The number of carbonyl (C=O) groups excluding carboxylic acids is 1. The molecule has 2 aromatic rings. The van der Waals surface area contributed by atoms with Gasteiger partial charge in [0.25, 0.3) is 5.91 Å². The van der Waals surface area contributed by atoms with Crippen LogP contribution in [0, 0.1) is 6.92 Å². The number of benzene rings is 2. The zero-order valence-electron chi connectivity index (χ0n) is 12.7. The Morgan fingerprint density at radius 3 is 2.82 bits per heavy atom. The van der Waals surface area contributed by atoms with Crippen molar-refractivity contribution < 1.29 is 9.53 Å². The van der Waals surface area contributed by atoms with Gasteiger partial charge in [0, 0.05) is 5.69 Å². The van der Waals surface area contributed by atoms with E-state index in [0.29, 0.717) is 0 Å². The molecule has 0 aliphatic rings. The first-order valence-corrected chi connectivity index (χ1v) is 6.94. The summed E-state index contributed by atoms with van der Waals surface area (Å²) >= 11 is 0. The van der Waals surface area contributed by atoms with Gasteiger partial charge in [-0.2, -0.15) is 5.10 Å². The Bertz CT molecular complexity index is 668. The highest BCUT2D eigenvalue weighted by Crippen LogP contribution is 2.12. The van der Waals surface area contributed by atoms with E-state index in [0.717, 1.165) is 22.6 Å². The van der Waals surface area contributed by atoms with Crippen LogP contribution < -0.4 is 15.5 Å². The van der Waals surface area contributed by atoms with Crippen LogP contribution in [0.2, 0.25) is 0 Å². The van der Waals surface area contributed by atoms with Crippen molar-refractivity contribution in [2.24, 2.45) is 5.10 Å². The lowest BCUT2D eigenvalue weighted by molar-refractivity contribution is -0.119. The van der Waals surface area contributed by atoms with Crippen LogP contribution in [0.4, 0.5) is 5.69 Å². The molecule has 0 saturated carbocycles. The smallest absolute Gasteiger partial charge is 0.259 e. The molecule has 0 radical (unpaired) electrons. The van der Waals surface area contributed by atoms with Crippen molar-refractivity contribution in [2.75, 3.05) is 19.0 Å². The fourth-order valence-electron chi connectivity index (χ4n) is 1.89. The first-order chi connectivity index (χ1) is 10.7. The lowest BCUT2D eigenvalue weighted by atomic mass is 10.2. The third-order valence-corrected chi connectivity index (χ3v) is 3.08. The highest BCUT2D eigenvalue weighted by atomic mass is 16.5. The van der Waals surface area contributed by atoms with Crippen LogP contribution in [-0.4, -0.2) is 25.8 Å². The lowest BCUT2D eigenvalue weighted by Gasteiger charge is -2.07. The SMILES string of the molecule is COc1cccc(/C=N/NC(=O)CNc2ccccc2C)c1. The molecule has 0 atom stereocenters. The van der Waals surface area contributed by atoms with Gasteiger partial charge in [0.15, 0.2) is 0 Å². The summed E-state index contributed by atoms with van der Waals surface area (Å²) in [6.45, 7) is 2.15. The second kappa shape index (κ2) is 7.83. The van der Waals surface area contributed by atoms with Crippen LogP contribution in [0.3, 0.4) is 0 Å². The van der Waals surface area contributed by atoms with Crippen molar-refractivity contribution in [2.45, 2.75) is 6.92 Å². The summed E-state index contributed by atoms with van der Waals surface area (Å²) in [5, 5.41) is 7.01. The van der Waals surface area contributed by atoms with Crippen molar-refractivity contribution in [3.63, 3.8) is 0 Å². The molecule has 0 bridgehead atoms. The molecule has 0 aliphatic carbocycles. The molecule has 5 heteroatoms. The van der Waals surface area contributed by atoms with Gasteiger partial charge in [-0.05, 0) is 36.2 Å². The van der Waals surface area contributed by atoms with Gasteiger partial charge in [-0.3, -0.25) is 4.79 Å². The average molecular weight is 297 g/mol. The second-order valence-corrected chi connectivity index (χ2v) is 4.74. The molecule has 0 unspecified atom stereocenters. The van der Waals surface area contributed by atoms with Gasteiger partial charge in [0.1, 0.15) is 5.75 Å². The van der Waals surface area contributed by atoms with Gasteiger partial charge in [0.05, 0.1) is 19.9 Å². The van der Waals surface area contributed by atoms with E-state index in [-0.39, 0.29) is 12.5 Å². The summed E-state index contributed by atoms with van der Waals surface area (Å²) in [6, 6.07) is 15.2. The van der Waals surface area contributed by atoms with Crippen molar-refractivity contribution in [3.05, 3.63) is 59.7 Å². The number of rotatable bonds is 6. The van der Waals surface area contributed by atoms with Crippen molar-refractivity contribution >= 4 is 17.8 Å². The summed E-state index contributed by atoms with van der Waals surface area (Å²) in [7, 11) is 1.61. The van der Waals surface area contributed by atoms with Gasteiger partial charge in [-0.25, -0.2) is 5.43 Å². The molecular formula is C17H19N3O2. The number of amides is 1. The van der Waals surface area contributed by atoms with Gasteiger partial charge >= 0.3 is 0 Å². The number of anilines is 1. The van der Waals surface area contributed by atoms with Crippen molar-refractivity contribution in [1.29, 1.82) is 0 Å². The molecule has 0 aliphatic heterocycles. The van der Waals surface area contributed by atoms with E-state index < -0.39 is 0 Å². The highest BCUT2D eigenvalue weighted by molar-refractivity contribution is 5.84. The number of hydrogen-bond acceptors (Lipinski definition) is 4. The maximum absolute atomic E-state index is 11.7. The molecule has 0 saturated heterocycles. The van der Waals surface area contributed by atoms with Crippen molar-refractivity contribution in [3.8, 4) is 5.75 Å². The number of hydrogen-bond donors (Lipinski definition) is 2. The first-order valence-electron chi connectivity index (χ1n) is 6.94. The summed E-state index contributed by atoms with van der Waals surface area (Å²) in [5.74, 6) is 0.541. The molecule has 114 valence electrons. The quantitative estimate of drug-likeness (QED) is 0.636. The minimum atomic E-state index is -0.206. The van der Waals surface area contributed by atoms with E-state index in [1.54, 1.807) is 13.3 Å². The van der Waals surface area contributed by atoms with Gasteiger partial charge < -0.3 is 10.1 Å². The fraction of sp³-hybridized carbons (Fsp3) is 0.176. The molecular weight excluding hydrogens is 278 g/mol. The standard InChI is InChI=1S/C17H19N3O2/c1-13-6-3-4-9-16(13)18-12-17(21)20-19-11-14-7-5-8-15(10-14)22-2/h3-11,18H,12H2,1-2H3,(H,20,21)/b19-11+. The average Bonchev–Trinajstić information content (AvgIpc) is 2.54. The minimum absolute atomic E-state index is 0.167. The van der Waals surface area contributed by atoms with Gasteiger partial charge in [0.2, 0.25) is 0 Å². The summed E-state index contributed by atoms with van der Waals surface area (Å²) in [5.41, 5.74) is 5.37. The van der Waals surface area contributed by atoms with E-state index in [4.69, 9.17) is 4.74 Å². The van der Waals surface area contributed by atoms with Crippen LogP contribution in [-0.2, 0) is 4.79 Å². The Hall–Kier alpha value is -2.82. The van der Waals surface area contributed by atoms with Crippen LogP contribution in [0.5, 0.6) is 5.75 Å². The Morgan fingerprint density at radius 1 is 1.23 bits per heavy atom. The minimum Gasteiger partial charge on any atom is -0.497 e. The van der Waals surface area contributed by atoms with Gasteiger partial charge in [-0.15, -0.1) is 0 Å². The van der Waals surface area contributed by atoms with Crippen LogP contribution >= 0.6 is 0 Å². The molecule has 2 rings (SSSR count). The molecule has 22 heavy (non-hydrogen) atoms. The predicted molar refractivity (Wildman–Crippen MR) is 88.4 cm³/mol. The molecule has 0 aromatic heterocycles. The monoisotopic (exact) mass is 297 g/mol. The molecule has 0 fully saturated rings. The first kappa shape index (κ1) is 15.6. The van der Waals surface area contributed by atoms with E-state index in [1.807, 2.05) is 55.5 Å². The Morgan fingerprint density at radius 2 is 2.05 bits per heavy atom. The van der Waals surface area contributed by atoms with E-state index in [1.165, 1.54) is 0 Å². The number of nitrogens with zero attached hydrogens (tertiary/aromatic N) is 1. The third kappa shape index (κ3) is 4.63. The predicted octanol–water partition coefficient (Wildman–Crippen LogP) is 2.57. The maximum atomic E-state index is 11.7. The van der Waals surface area contributed by atoms with Crippen LogP contribution in [0.15, 0.2) is 53.6 Å². The third-order valence-electron chi connectivity index (χ3n) is 3.08. The summed E-state index contributed by atoms with van der Waals surface area (Å²) in [6.07, 6.45) is 1.58. The Labute approximate surface area is 130 Å². The molecule has 0 spiro atoms. The van der Waals surface area contributed by atoms with E-state index in [9.17, 15) is 4.79 Å². The zero-order valence-corrected chi connectivity index (χ0v) is 12.7. The molecule has 2 N–H and O–H groups in total. The number of hydrazone groups is 1. The normalized spacial score (nSPS) is 10.5. The highest BCUT2D eigenvalue weighted by Gasteiger charge is 2.01. The van der Waals surface area contributed by atoms with Crippen molar-refractivity contribution in [1.82, 2.24) is 5.43 Å². The van der Waals surface area contributed by atoms with Gasteiger partial charge in [-0.1, -0.05) is 30.3 Å².